The first-order chi connectivity index (χ1) is 9.47. The highest BCUT2D eigenvalue weighted by Crippen LogP contribution is 2.23. The van der Waals surface area contributed by atoms with Crippen molar-refractivity contribution in [3.63, 3.8) is 0 Å². The topological polar surface area (TPSA) is 79.2 Å². The van der Waals surface area contributed by atoms with Gasteiger partial charge < -0.3 is 4.74 Å². The number of carbonyl (C=O) groups excluding carboxylic acids is 2. The van der Waals surface area contributed by atoms with Crippen molar-refractivity contribution in [1.82, 2.24) is 5.32 Å². The molecule has 0 bridgehead atoms. The molecule has 0 aliphatic rings. The average molecular weight is 313 g/mol. The van der Waals surface area contributed by atoms with Gasteiger partial charge in [0.1, 0.15) is 11.6 Å². The summed E-state index contributed by atoms with van der Waals surface area (Å²) in [5.41, 5.74) is 0.256. The third-order valence-corrected chi connectivity index (χ3v) is 2.85. The van der Waals surface area contributed by atoms with E-state index >= 15 is 0 Å². The van der Waals surface area contributed by atoms with Crippen molar-refractivity contribution in [1.29, 1.82) is 5.26 Å². The van der Waals surface area contributed by atoms with Gasteiger partial charge >= 0.3 is 6.09 Å². The van der Waals surface area contributed by atoms with Crippen LogP contribution in [-0.2, 0) is 9.53 Å². The number of benzene rings is 1. The van der Waals surface area contributed by atoms with Gasteiger partial charge in [0.05, 0.1) is 16.7 Å². The number of rotatable bonds is 3. The first-order valence-electron chi connectivity index (χ1n) is 5.53. The molecule has 0 aliphatic carbocycles. The van der Waals surface area contributed by atoms with E-state index in [0.29, 0.717) is 15.6 Å². The van der Waals surface area contributed by atoms with Crippen molar-refractivity contribution >= 4 is 41.3 Å². The predicted octanol–water partition coefficient (Wildman–Crippen LogP) is 3.17. The van der Waals surface area contributed by atoms with Gasteiger partial charge in [-0.25, -0.2) is 4.79 Å². The molecule has 0 saturated heterocycles. The summed E-state index contributed by atoms with van der Waals surface area (Å²) in [5.74, 6) is -0.850. The number of nitrogens with zero attached hydrogens (tertiary/aromatic N) is 1. The fourth-order valence-corrected chi connectivity index (χ4v) is 1.55. The molecule has 0 spiro atoms. The van der Waals surface area contributed by atoms with Crippen molar-refractivity contribution < 1.29 is 14.3 Å². The Morgan fingerprint density at radius 1 is 1.40 bits per heavy atom. The standard InChI is InChI=1S/C13H10Cl2N2O3/c1-2-20-13(19)17-12(18)9(7-16)5-8-3-4-10(14)11(15)6-8/h3-6H,2H2,1H3,(H,17,18,19)/b9-5+. The largest absolute Gasteiger partial charge is 0.450 e. The van der Waals surface area contributed by atoms with E-state index in [1.54, 1.807) is 19.1 Å². The summed E-state index contributed by atoms with van der Waals surface area (Å²) in [6.45, 7) is 1.72. The summed E-state index contributed by atoms with van der Waals surface area (Å²) in [5, 5.41) is 11.5. The second kappa shape index (κ2) is 7.53. The zero-order valence-corrected chi connectivity index (χ0v) is 12.0. The van der Waals surface area contributed by atoms with Crippen LogP contribution in [-0.4, -0.2) is 18.6 Å². The summed E-state index contributed by atoms with van der Waals surface area (Å²) >= 11 is 11.6. The maximum absolute atomic E-state index is 11.7. The molecule has 1 rings (SSSR count). The highest BCUT2D eigenvalue weighted by Gasteiger charge is 2.13. The van der Waals surface area contributed by atoms with E-state index in [9.17, 15) is 9.59 Å². The van der Waals surface area contributed by atoms with Gasteiger partial charge in [0.25, 0.3) is 5.91 Å². The van der Waals surface area contributed by atoms with Crippen molar-refractivity contribution in [2.24, 2.45) is 0 Å². The van der Waals surface area contributed by atoms with E-state index in [1.165, 1.54) is 18.2 Å². The van der Waals surface area contributed by atoms with E-state index in [1.807, 2.05) is 5.32 Å². The van der Waals surface area contributed by atoms with Gasteiger partial charge in [0, 0.05) is 0 Å². The van der Waals surface area contributed by atoms with Gasteiger partial charge in [0.15, 0.2) is 0 Å². The number of hydrogen-bond donors (Lipinski definition) is 1. The van der Waals surface area contributed by atoms with E-state index in [-0.39, 0.29) is 12.2 Å². The molecule has 7 heteroatoms. The SMILES string of the molecule is CCOC(=O)NC(=O)/C(C#N)=C/c1ccc(Cl)c(Cl)c1. The third kappa shape index (κ3) is 4.57. The maximum Gasteiger partial charge on any atom is 0.414 e. The van der Waals surface area contributed by atoms with Crippen molar-refractivity contribution in [3.05, 3.63) is 39.4 Å². The fraction of sp³-hybridized carbons (Fsp3) is 0.154. The quantitative estimate of drug-likeness (QED) is 0.686. The number of nitrogens with one attached hydrogen (secondary N) is 1. The van der Waals surface area contributed by atoms with Gasteiger partial charge in [-0.1, -0.05) is 29.3 Å². The lowest BCUT2D eigenvalue weighted by molar-refractivity contribution is -0.116. The molecule has 0 fully saturated rings. The fourth-order valence-electron chi connectivity index (χ4n) is 1.24. The molecule has 2 amide bonds. The number of ether oxygens (including phenoxy) is 1. The summed E-state index contributed by atoms with van der Waals surface area (Å²) in [7, 11) is 0. The Morgan fingerprint density at radius 3 is 2.65 bits per heavy atom. The predicted molar refractivity (Wildman–Crippen MR) is 75.2 cm³/mol. The minimum atomic E-state index is -0.909. The zero-order valence-electron chi connectivity index (χ0n) is 10.4. The highest BCUT2D eigenvalue weighted by molar-refractivity contribution is 6.42. The summed E-state index contributed by atoms with van der Waals surface area (Å²) in [4.78, 5) is 22.7. The van der Waals surface area contributed by atoms with Crippen molar-refractivity contribution in [2.45, 2.75) is 6.92 Å². The molecule has 0 aromatic heterocycles. The molecule has 104 valence electrons. The van der Waals surface area contributed by atoms with E-state index < -0.39 is 12.0 Å². The number of halogens is 2. The number of alkyl carbamates (subject to hydrolysis) is 1. The molecule has 1 aromatic rings. The number of hydrogen-bond acceptors (Lipinski definition) is 4. The Bertz CT molecular complexity index is 606. The van der Waals surface area contributed by atoms with Crippen LogP contribution in [0, 0.1) is 11.3 Å². The minimum Gasteiger partial charge on any atom is -0.450 e. The third-order valence-electron chi connectivity index (χ3n) is 2.11. The van der Waals surface area contributed by atoms with Crippen LogP contribution < -0.4 is 5.32 Å². The van der Waals surface area contributed by atoms with E-state index in [2.05, 4.69) is 4.74 Å². The molecule has 0 radical (unpaired) electrons. The van der Waals surface area contributed by atoms with E-state index in [0.717, 1.165) is 0 Å². The van der Waals surface area contributed by atoms with Crippen LogP contribution in [0.5, 0.6) is 0 Å². The summed E-state index contributed by atoms with van der Waals surface area (Å²) in [6, 6.07) is 6.32. The number of carbonyl (C=O) groups is 2. The molecule has 0 heterocycles. The Balaban J connectivity index is 2.92. The highest BCUT2D eigenvalue weighted by atomic mass is 35.5. The lowest BCUT2D eigenvalue weighted by Gasteiger charge is -2.03. The Kier molecular flexibility index (Phi) is 6.04. The van der Waals surface area contributed by atoms with Crippen LogP contribution >= 0.6 is 23.2 Å². The monoisotopic (exact) mass is 312 g/mol. The van der Waals surface area contributed by atoms with Gasteiger partial charge in [-0.3, -0.25) is 10.1 Å². The summed E-state index contributed by atoms with van der Waals surface area (Å²) < 4.78 is 4.55. The van der Waals surface area contributed by atoms with Gasteiger partial charge in [-0.15, -0.1) is 0 Å². The van der Waals surface area contributed by atoms with Gasteiger partial charge in [-0.2, -0.15) is 5.26 Å². The Hall–Kier alpha value is -2.03. The van der Waals surface area contributed by atoms with Crippen LogP contribution in [0.1, 0.15) is 12.5 Å². The molecule has 20 heavy (non-hydrogen) atoms. The van der Waals surface area contributed by atoms with Gasteiger partial charge in [0.2, 0.25) is 0 Å². The van der Waals surface area contributed by atoms with Crippen LogP contribution in [0.4, 0.5) is 4.79 Å². The minimum absolute atomic E-state index is 0.123. The Morgan fingerprint density at radius 2 is 2.10 bits per heavy atom. The molecule has 0 atom stereocenters. The second-order valence-corrected chi connectivity index (χ2v) is 4.33. The number of imide groups is 1. The number of nitriles is 1. The maximum atomic E-state index is 11.7. The first kappa shape index (κ1) is 16.0. The van der Waals surface area contributed by atoms with Crippen molar-refractivity contribution in [3.8, 4) is 6.07 Å². The van der Waals surface area contributed by atoms with Crippen molar-refractivity contribution in [2.75, 3.05) is 6.61 Å². The normalized spacial score (nSPS) is 10.6. The lowest BCUT2D eigenvalue weighted by Crippen LogP contribution is -2.31. The van der Waals surface area contributed by atoms with Crippen LogP contribution in [0.3, 0.4) is 0 Å². The molecule has 0 unspecified atom stereocenters. The first-order valence-corrected chi connectivity index (χ1v) is 6.28. The molecule has 1 N–H and O–H groups in total. The number of amides is 2. The second-order valence-electron chi connectivity index (χ2n) is 3.52. The van der Waals surface area contributed by atoms with Crippen LogP contribution in [0.2, 0.25) is 10.0 Å². The molecule has 5 nitrogen and oxygen atoms in total. The lowest BCUT2D eigenvalue weighted by atomic mass is 10.1. The molecule has 0 saturated carbocycles. The molecular formula is C13H10Cl2N2O3. The van der Waals surface area contributed by atoms with Gasteiger partial charge in [-0.05, 0) is 30.7 Å². The summed E-state index contributed by atoms with van der Waals surface area (Å²) in [6.07, 6.45) is 0.379. The van der Waals surface area contributed by atoms with Crippen LogP contribution in [0.15, 0.2) is 23.8 Å². The zero-order chi connectivity index (χ0) is 15.1. The Labute approximate surface area is 125 Å². The molecule has 1 aromatic carbocycles. The smallest absolute Gasteiger partial charge is 0.414 e. The average Bonchev–Trinajstić information content (AvgIpc) is 2.40. The van der Waals surface area contributed by atoms with E-state index in [4.69, 9.17) is 28.5 Å². The molecule has 0 aliphatic heterocycles. The van der Waals surface area contributed by atoms with Crippen LogP contribution in [0.25, 0.3) is 6.08 Å². The molecular weight excluding hydrogens is 303 g/mol.